The summed E-state index contributed by atoms with van der Waals surface area (Å²) in [6.07, 6.45) is 0. The molecule has 0 saturated heterocycles. The van der Waals surface area contributed by atoms with Crippen molar-refractivity contribution in [1.82, 2.24) is 0 Å². The molecule has 1 rings (SSSR count). The van der Waals surface area contributed by atoms with Crippen LogP contribution in [0, 0.1) is 0 Å². The Balaban J connectivity index is 2.93. The summed E-state index contributed by atoms with van der Waals surface area (Å²) < 4.78 is 31.1. The Kier molecular flexibility index (Phi) is 3.55. The van der Waals surface area contributed by atoms with Crippen LogP contribution in [0.5, 0.6) is 0 Å². The van der Waals surface area contributed by atoms with Gasteiger partial charge in [-0.1, -0.05) is 18.2 Å². The van der Waals surface area contributed by atoms with Gasteiger partial charge in [0.15, 0.2) is 0 Å². The lowest BCUT2D eigenvalue weighted by Crippen LogP contribution is -2.25. The van der Waals surface area contributed by atoms with Crippen molar-refractivity contribution in [2.45, 2.75) is 12.5 Å². The first-order chi connectivity index (χ1) is 6.60. The molecule has 2 N–H and O–H groups in total. The van der Waals surface area contributed by atoms with Gasteiger partial charge in [-0.3, -0.25) is 0 Å². The third-order valence-corrected chi connectivity index (χ3v) is 1.92. The zero-order valence-corrected chi connectivity index (χ0v) is 7.97. The van der Waals surface area contributed by atoms with Crippen molar-refractivity contribution in [3.63, 3.8) is 0 Å². The van der Waals surface area contributed by atoms with Gasteiger partial charge in [0.05, 0.1) is 13.2 Å². The van der Waals surface area contributed by atoms with E-state index in [4.69, 9.17) is 10.5 Å². The van der Waals surface area contributed by atoms with Crippen molar-refractivity contribution in [2.24, 2.45) is 5.73 Å². The van der Waals surface area contributed by atoms with Crippen LogP contribution in [-0.2, 0) is 17.3 Å². The topological polar surface area (TPSA) is 35.2 Å². The fraction of sp³-hybridized carbons (Fsp3) is 0.400. The Hall–Kier alpha value is -1.00. The predicted octanol–water partition coefficient (Wildman–Crippen LogP) is 1.88. The number of benzene rings is 1. The van der Waals surface area contributed by atoms with Gasteiger partial charge in [-0.2, -0.15) is 8.78 Å². The maximum Gasteiger partial charge on any atom is 0.285 e. The maximum atomic E-state index is 13.1. The van der Waals surface area contributed by atoms with Crippen LogP contribution in [-0.4, -0.2) is 13.7 Å². The second kappa shape index (κ2) is 4.48. The number of methoxy groups -OCH3 is 1. The summed E-state index contributed by atoms with van der Waals surface area (Å²) >= 11 is 0. The highest BCUT2D eigenvalue weighted by Gasteiger charge is 2.29. The van der Waals surface area contributed by atoms with E-state index in [1.54, 1.807) is 12.1 Å². The van der Waals surface area contributed by atoms with E-state index in [1.165, 1.54) is 19.2 Å². The normalized spacial score (nSPS) is 11.7. The molecule has 2 nitrogen and oxygen atoms in total. The minimum absolute atomic E-state index is 0.0606. The Morgan fingerprint density at radius 3 is 2.71 bits per heavy atom. The van der Waals surface area contributed by atoms with Crippen molar-refractivity contribution in [2.75, 3.05) is 13.7 Å². The molecule has 0 radical (unpaired) electrons. The molecule has 0 amide bonds. The van der Waals surface area contributed by atoms with Gasteiger partial charge in [0, 0.05) is 12.7 Å². The van der Waals surface area contributed by atoms with E-state index >= 15 is 0 Å². The molecule has 0 aromatic heterocycles. The fourth-order valence-corrected chi connectivity index (χ4v) is 1.17. The van der Waals surface area contributed by atoms with Crippen LogP contribution >= 0.6 is 0 Å². The Bertz CT molecular complexity index is 302. The molecule has 0 aliphatic heterocycles. The zero-order chi connectivity index (χ0) is 10.6. The first kappa shape index (κ1) is 11.1. The first-order valence-corrected chi connectivity index (χ1v) is 4.26. The van der Waals surface area contributed by atoms with Crippen LogP contribution in [0.15, 0.2) is 24.3 Å². The summed E-state index contributed by atoms with van der Waals surface area (Å²) in [6.45, 7) is -0.349. The molecule has 0 atom stereocenters. The van der Waals surface area contributed by atoms with Crippen molar-refractivity contribution in [3.8, 4) is 0 Å². The molecule has 0 aliphatic rings. The number of alkyl halides is 2. The summed E-state index contributed by atoms with van der Waals surface area (Å²) in [6, 6.07) is 6.09. The highest BCUT2D eigenvalue weighted by molar-refractivity contribution is 5.26. The van der Waals surface area contributed by atoms with Crippen LogP contribution < -0.4 is 5.73 Å². The minimum Gasteiger partial charge on any atom is -0.380 e. The third kappa shape index (κ3) is 2.49. The second-order valence-electron chi connectivity index (χ2n) is 3.04. The number of hydrogen-bond acceptors (Lipinski definition) is 2. The van der Waals surface area contributed by atoms with E-state index < -0.39 is 12.5 Å². The Morgan fingerprint density at radius 2 is 2.14 bits per heavy atom. The van der Waals surface area contributed by atoms with Crippen LogP contribution in [0.1, 0.15) is 11.1 Å². The van der Waals surface area contributed by atoms with E-state index in [9.17, 15) is 8.78 Å². The highest BCUT2D eigenvalue weighted by atomic mass is 19.3. The number of halogens is 2. The second-order valence-corrected chi connectivity index (χ2v) is 3.04. The van der Waals surface area contributed by atoms with Crippen LogP contribution in [0.3, 0.4) is 0 Å². The lowest BCUT2D eigenvalue weighted by atomic mass is 10.1. The van der Waals surface area contributed by atoms with Crippen LogP contribution in [0.2, 0.25) is 0 Å². The Labute approximate surface area is 81.7 Å². The average molecular weight is 201 g/mol. The van der Waals surface area contributed by atoms with Crippen molar-refractivity contribution < 1.29 is 13.5 Å². The molecule has 4 heteroatoms. The summed E-state index contributed by atoms with van der Waals surface area (Å²) in [7, 11) is 1.52. The molecule has 0 spiro atoms. The molecule has 0 aliphatic carbocycles. The maximum absolute atomic E-state index is 13.1. The van der Waals surface area contributed by atoms with Crippen molar-refractivity contribution in [1.29, 1.82) is 0 Å². The van der Waals surface area contributed by atoms with Gasteiger partial charge in [-0.15, -0.1) is 0 Å². The minimum atomic E-state index is -2.95. The smallest absolute Gasteiger partial charge is 0.285 e. The monoisotopic (exact) mass is 201 g/mol. The van der Waals surface area contributed by atoms with Crippen molar-refractivity contribution in [3.05, 3.63) is 35.4 Å². The van der Waals surface area contributed by atoms with Gasteiger partial charge in [0.1, 0.15) is 0 Å². The number of rotatable bonds is 4. The van der Waals surface area contributed by atoms with Crippen LogP contribution in [0.4, 0.5) is 8.78 Å². The van der Waals surface area contributed by atoms with E-state index in [2.05, 4.69) is 0 Å². The SMILES string of the molecule is COCc1cccc(C(F)(F)CN)c1. The quantitative estimate of drug-likeness (QED) is 0.807. The molecule has 0 unspecified atom stereocenters. The van der Waals surface area contributed by atoms with E-state index in [1.807, 2.05) is 0 Å². The standard InChI is InChI=1S/C10H13F2NO/c1-14-6-8-3-2-4-9(5-8)10(11,12)7-13/h2-5H,6-7,13H2,1H3. The molecule has 0 bridgehead atoms. The average Bonchev–Trinajstić information content (AvgIpc) is 2.19. The lowest BCUT2D eigenvalue weighted by Gasteiger charge is -2.14. The van der Waals surface area contributed by atoms with Gasteiger partial charge in [0.2, 0.25) is 0 Å². The van der Waals surface area contributed by atoms with E-state index in [0.29, 0.717) is 6.61 Å². The largest absolute Gasteiger partial charge is 0.380 e. The lowest BCUT2D eigenvalue weighted by molar-refractivity contribution is 0.00576. The fourth-order valence-electron chi connectivity index (χ4n) is 1.17. The summed E-state index contributed by atoms with van der Waals surface area (Å²) in [5.41, 5.74) is 5.64. The first-order valence-electron chi connectivity index (χ1n) is 4.26. The molecular formula is C10H13F2NO. The predicted molar refractivity (Wildman–Crippen MR) is 50.1 cm³/mol. The van der Waals surface area contributed by atoms with E-state index in [0.717, 1.165) is 5.56 Å². The molecule has 0 saturated carbocycles. The summed E-state index contributed by atoms with van der Waals surface area (Å²) in [4.78, 5) is 0. The van der Waals surface area contributed by atoms with Crippen molar-refractivity contribution >= 4 is 0 Å². The van der Waals surface area contributed by atoms with Gasteiger partial charge in [-0.25, -0.2) is 0 Å². The molecule has 78 valence electrons. The van der Waals surface area contributed by atoms with E-state index in [-0.39, 0.29) is 5.56 Å². The number of hydrogen-bond donors (Lipinski definition) is 1. The third-order valence-electron chi connectivity index (χ3n) is 1.92. The Morgan fingerprint density at radius 1 is 1.43 bits per heavy atom. The zero-order valence-electron chi connectivity index (χ0n) is 7.97. The van der Waals surface area contributed by atoms with Crippen LogP contribution in [0.25, 0.3) is 0 Å². The number of nitrogens with two attached hydrogens (primary N) is 1. The molecule has 0 heterocycles. The van der Waals surface area contributed by atoms with Gasteiger partial charge in [0.25, 0.3) is 5.92 Å². The van der Waals surface area contributed by atoms with Gasteiger partial charge >= 0.3 is 0 Å². The number of ether oxygens (including phenoxy) is 1. The summed E-state index contributed by atoms with van der Waals surface area (Å²) in [5.74, 6) is -2.95. The summed E-state index contributed by atoms with van der Waals surface area (Å²) in [5, 5.41) is 0. The molecule has 0 fully saturated rings. The molecule has 1 aromatic carbocycles. The molecular weight excluding hydrogens is 188 g/mol. The van der Waals surface area contributed by atoms with Gasteiger partial charge in [-0.05, 0) is 11.6 Å². The van der Waals surface area contributed by atoms with Gasteiger partial charge < -0.3 is 10.5 Å². The highest BCUT2D eigenvalue weighted by Crippen LogP contribution is 2.26. The molecule has 14 heavy (non-hydrogen) atoms. The molecule has 1 aromatic rings.